The number of amides is 1. The Morgan fingerprint density at radius 2 is 1.69 bits per heavy atom. The van der Waals surface area contributed by atoms with Gasteiger partial charge in [0.25, 0.3) is 5.91 Å². The monoisotopic (exact) mass is 399 g/mol. The highest BCUT2D eigenvalue weighted by atomic mass is 19.3. The average Bonchev–Trinajstić information content (AvgIpc) is 2.73. The number of rotatable bonds is 8. The molecule has 0 unspecified atom stereocenters. The van der Waals surface area contributed by atoms with Gasteiger partial charge in [-0.05, 0) is 42.0 Å². The first-order valence-corrected chi connectivity index (χ1v) is 8.77. The molecule has 0 fully saturated rings. The predicted octanol–water partition coefficient (Wildman–Crippen LogP) is 5.13. The third-order valence-electron chi connectivity index (χ3n) is 4.01. The SMILES string of the molecule is COc1cccc(C(=O)Nc2ccc(OCc3ccccc3)cc2)c1OC(F)F. The van der Waals surface area contributed by atoms with Crippen molar-refractivity contribution in [1.82, 2.24) is 0 Å². The fraction of sp³-hybridized carbons (Fsp3) is 0.136. The van der Waals surface area contributed by atoms with Crippen LogP contribution in [0, 0.1) is 0 Å². The van der Waals surface area contributed by atoms with E-state index in [4.69, 9.17) is 9.47 Å². The lowest BCUT2D eigenvalue weighted by Gasteiger charge is -2.14. The molecule has 3 aromatic rings. The number of para-hydroxylation sites is 1. The van der Waals surface area contributed by atoms with Crippen LogP contribution in [0.25, 0.3) is 0 Å². The van der Waals surface area contributed by atoms with Gasteiger partial charge in [-0.25, -0.2) is 0 Å². The number of anilines is 1. The van der Waals surface area contributed by atoms with Gasteiger partial charge in [0.2, 0.25) is 0 Å². The standard InChI is InChI=1S/C22H19F2NO4/c1-27-19-9-5-8-18(20(19)29-22(23)24)21(26)25-16-10-12-17(13-11-16)28-14-15-6-3-2-4-7-15/h2-13,22H,14H2,1H3,(H,25,26). The van der Waals surface area contributed by atoms with Crippen molar-refractivity contribution in [2.24, 2.45) is 0 Å². The van der Waals surface area contributed by atoms with Crippen molar-refractivity contribution < 1.29 is 27.8 Å². The van der Waals surface area contributed by atoms with Crippen LogP contribution in [0.4, 0.5) is 14.5 Å². The summed E-state index contributed by atoms with van der Waals surface area (Å²) in [6, 6.07) is 20.8. The molecule has 0 spiro atoms. The minimum atomic E-state index is -3.08. The second kappa shape index (κ2) is 9.54. The van der Waals surface area contributed by atoms with Crippen molar-refractivity contribution >= 4 is 11.6 Å². The number of hydrogen-bond donors (Lipinski definition) is 1. The molecule has 0 saturated carbocycles. The van der Waals surface area contributed by atoms with Crippen LogP contribution >= 0.6 is 0 Å². The van der Waals surface area contributed by atoms with E-state index < -0.39 is 12.5 Å². The molecule has 29 heavy (non-hydrogen) atoms. The van der Waals surface area contributed by atoms with Gasteiger partial charge in [0.1, 0.15) is 12.4 Å². The summed E-state index contributed by atoms with van der Waals surface area (Å²) < 4.78 is 40.6. The summed E-state index contributed by atoms with van der Waals surface area (Å²) in [6.07, 6.45) is 0. The van der Waals surface area contributed by atoms with Gasteiger partial charge < -0.3 is 19.5 Å². The average molecular weight is 399 g/mol. The second-order valence-electron chi connectivity index (χ2n) is 5.97. The third kappa shape index (κ3) is 5.44. The van der Waals surface area contributed by atoms with E-state index in [9.17, 15) is 13.6 Å². The molecule has 0 aliphatic heterocycles. The first-order valence-electron chi connectivity index (χ1n) is 8.77. The third-order valence-corrected chi connectivity index (χ3v) is 4.01. The number of methoxy groups -OCH3 is 1. The van der Waals surface area contributed by atoms with Gasteiger partial charge in [0.15, 0.2) is 11.5 Å². The lowest BCUT2D eigenvalue weighted by Crippen LogP contribution is -2.15. The zero-order valence-corrected chi connectivity index (χ0v) is 15.6. The van der Waals surface area contributed by atoms with Crippen LogP contribution in [0.2, 0.25) is 0 Å². The largest absolute Gasteiger partial charge is 0.493 e. The number of alkyl halides is 2. The highest BCUT2D eigenvalue weighted by Crippen LogP contribution is 2.33. The topological polar surface area (TPSA) is 56.8 Å². The van der Waals surface area contributed by atoms with Crippen LogP contribution in [0.15, 0.2) is 72.8 Å². The molecular formula is C22H19F2NO4. The van der Waals surface area contributed by atoms with Crippen LogP contribution < -0.4 is 19.5 Å². The van der Waals surface area contributed by atoms with E-state index in [0.29, 0.717) is 18.0 Å². The molecule has 1 N–H and O–H groups in total. The number of ether oxygens (including phenoxy) is 3. The smallest absolute Gasteiger partial charge is 0.387 e. The zero-order chi connectivity index (χ0) is 20.6. The summed E-state index contributed by atoms with van der Waals surface area (Å²) in [4.78, 5) is 12.6. The normalized spacial score (nSPS) is 10.5. The molecule has 1 amide bonds. The summed E-state index contributed by atoms with van der Waals surface area (Å²) in [5.74, 6) is -0.236. The minimum Gasteiger partial charge on any atom is -0.493 e. The van der Waals surface area contributed by atoms with E-state index in [2.05, 4.69) is 10.1 Å². The highest BCUT2D eigenvalue weighted by Gasteiger charge is 2.20. The second-order valence-corrected chi connectivity index (χ2v) is 5.97. The van der Waals surface area contributed by atoms with Crippen molar-refractivity contribution in [3.8, 4) is 17.2 Å². The van der Waals surface area contributed by atoms with Crippen LogP contribution in [-0.4, -0.2) is 19.6 Å². The number of carbonyl (C=O) groups excluding carboxylic acids is 1. The highest BCUT2D eigenvalue weighted by molar-refractivity contribution is 6.06. The Morgan fingerprint density at radius 3 is 2.34 bits per heavy atom. The molecule has 3 rings (SSSR count). The van der Waals surface area contributed by atoms with Crippen LogP contribution in [0.1, 0.15) is 15.9 Å². The van der Waals surface area contributed by atoms with Crippen LogP contribution in [-0.2, 0) is 6.61 Å². The van der Waals surface area contributed by atoms with Crippen molar-refractivity contribution in [1.29, 1.82) is 0 Å². The quantitative estimate of drug-likeness (QED) is 0.571. The molecule has 0 atom stereocenters. The molecular weight excluding hydrogens is 380 g/mol. The Morgan fingerprint density at radius 1 is 0.966 bits per heavy atom. The molecule has 0 radical (unpaired) electrons. The maximum Gasteiger partial charge on any atom is 0.387 e. The minimum absolute atomic E-state index is 0.0441. The van der Waals surface area contributed by atoms with Gasteiger partial charge in [0.05, 0.1) is 12.7 Å². The Labute approximate surface area is 166 Å². The van der Waals surface area contributed by atoms with Crippen molar-refractivity contribution in [2.45, 2.75) is 13.2 Å². The van der Waals surface area contributed by atoms with Gasteiger partial charge in [-0.2, -0.15) is 8.78 Å². The summed E-state index contributed by atoms with van der Waals surface area (Å²) in [6.45, 7) is -2.66. The van der Waals surface area contributed by atoms with Gasteiger partial charge in [-0.3, -0.25) is 4.79 Å². The van der Waals surface area contributed by atoms with Gasteiger partial charge in [-0.1, -0.05) is 36.4 Å². The van der Waals surface area contributed by atoms with Crippen LogP contribution in [0.5, 0.6) is 17.2 Å². The maximum atomic E-state index is 12.7. The molecule has 3 aromatic carbocycles. The zero-order valence-electron chi connectivity index (χ0n) is 15.6. The summed E-state index contributed by atoms with van der Waals surface area (Å²) in [5, 5.41) is 2.65. The van der Waals surface area contributed by atoms with Crippen molar-refractivity contribution in [3.63, 3.8) is 0 Å². The molecule has 0 aliphatic rings. The van der Waals surface area contributed by atoms with E-state index in [1.807, 2.05) is 30.3 Å². The van der Waals surface area contributed by atoms with Crippen LogP contribution in [0.3, 0.4) is 0 Å². The summed E-state index contributed by atoms with van der Waals surface area (Å²) in [7, 11) is 1.31. The van der Waals surface area contributed by atoms with E-state index in [0.717, 1.165) is 5.56 Å². The van der Waals surface area contributed by atoms with Gasteiger partial charge in [-0.15, -0.1) is 0 Å². The van der Waals surface area contributed by atoms with Crippen molar-refractivity contribution in [2.75, 3.05) is 12.4 Å². The summed E-state index contributed by atoms with van der Waals surface area (Å²) in [5.41, 5.74) is 1.45. The number of nitrogens with one attached hydrogen (secondary N) is 1. The molecule has 0 aliphatic carbocycles. The lowest BCUT2D eigenvalue weighted by molar-refractivity contribution is -0.0515. The summed E-state index contributed by atoms with van der Waals surface area (Å²) >= 11 is 0. The van der Waals surface area contributed by atoms with E-state index in [-0.39, 0.29) is 17.1 Å². The molecule has 7 heteroatoms. The van der Waals surface area contributed by atoms with Gasteiger partial charge in [0, 0.05) is 5.69 Å². The predicted molar refractivity (Wildman–Crippen MR) is 105 cm³/mol. The Bertz CT molecular complexity index is 947. The number of hydrogen-bond acceptors (Lipinski definition) is 4. The maximum absolute atomic E-state index is 12.7. The Hall–Kier alpha value is -3.61. The fourth-order valence-corrected chi connectivity index (χ4v) is 2.64. The Balaban J connectivity index is 1.68. The van der Waals surface area contributed by atoms with Crippen molar-refractivity contribution in [3.05, 3.63) is 83.9 Å². The number of benzene rings is 3. The van der Waals surface area contributed by atoms with Gasteiger partial charge >= 0.3 is 6.61 Å². The molecule has 0 saturated heterocycles. The molecule has 5 nitrogen and oxygen atoms in total. The van der Waals surface area contributed by atoms with E-state index >= 15 is 0 Å². The molecule has 0 heterocycles. The first kappa shape index (κ1) is 20.1. The molecule has 0 aromatic heterocycles. The fourth-order valence-electron chi connectivity index (χ4n) is 2.64. The van der Waals surface area contributed by atoms with E-state index in [1.54, 1.807) is 24.3 Å². The molecule has 0 bridgehead atoms. The molecule has 150 valence electrons. The Kier molecular flexibility index (Phi) is 6.63. The first-order chi connectivity index (χ1) is 14.1. The number of halogens is 2. The van der Waals surface area contributed by atoms with E-state index in [1.165, 1.54) is 25.3 Å². The number of carbonyl (C=O) groups is 1. The lowest BCUT2D eigenvalue weighted by atomic mass is 10.1.